The number of amides is 2. The number of nitrogens with one attached hydrogen (secondary N) is 2. The largest absolute Gasteiger partial charge is 0.454 e. The van der Waals surface area contributed by atoms with E-state index in [0.29, 0.717) is 29.3 Å². The smallest absolute Gasteiger partial charge is 0.274 e. The van der Waals surface area contributed by atoms with Crippen molar-refractivity contribution in [3.8, 4) is 11.5 Å². The standard InChI is InChI=1S/C19H22N4O4/c1-23(2)9-3-7-21-18(24)13-6-8-20-15(10-13)19(25)22-14-4-5-16-17(11-14)27-12-26-16/h4-6,8,10-11H,3,7,9,12H2,1-2H3,(H,21,24)(H,22,25). The summed E-state index contributed by atoms with van der Waals surface area (Å²) in [6.45, 7) is 1.62. The average Bonchev–Trinajstić information content (AvgIpc) is 3.13. The van der Waals surface area contributed by atoms with Gasteiger partial charge in [0.1, 0.15) is 5.69 Å². The average molecular weight is 370 g/mol. The molecule has 0 saturated heterocycles. The van der Waals surface area contributed by atoms with Crippen molar-refractivity contribution < 1.29 is 19.1 Å². The molecule has 8 heteroatoms. The summed E-state index contributed by atoms with van der Waals surface area (Å²) in [6, 6.07) is 8.18. The molecule has 142 valence electrons. The third-order valence-corrected chi connectivity index (χ3v) is 3.95. The molecule has 3 rings (SSSR count). The highest BCUT2D eigenvalue weighted by atomic mass is 16.7. The molecule has 0 saturated carbocycles. The van der Waals surface area contributed by atoms with E-state index in [9.17, 15) is 9.59 Å². The van der Waals surface area contributed by atoms with Gasteiger partial charge in [0.2, 0.25) is 6.79 Å². The van der Waals surface area contributed by atoms with Crippen LogP contribution in [0.5, 0.6) is 11.5 Å². The lowest BCUT2D eigenvalue weighted by Crippen LogP contribution is -2.27. The SMILES string of the molecule is CN(C)CCCNC(=O)c1ccnc(C(=O)Nc2ccc3c(c2)OCO3)c1. The fourth-order valence-electron chi connectivity index (χ4n) is 2.56. The molecule has 1 aliphatic rings. The van der Waals surface area contributed by atoms with Gasteiger partial charge in [-0.1, -0.05) is 0 Å². The maximum Gasteiger partial charge on any atom is 0.274 e. The van der Waals surface area contributed by atoms with Gasteiger partial charge in [-0.05, 0) is 51.3 Å². The van der Waals surface area contributed by atoms with Crippen LogP contribution in [0.25, 0.3) is 0 Å². The predicted molar refractivity (Wildman–Crippen MR) is 100 cm³/mol. The number of pyridine rings is 1. The summed E-state index contributed by atoms with van der Waals surface area (Å²) in [5.74, 6) is 0.579. The van der Waals surface area contributed by atoms with Crippen molar-refractivity contribution in [2.45, 2.75) is 6.42 Å². The molecule has 0 atom stereocenters. The molecular formula is C19H22N4O4. The Morgan fingerprint density at radius 3 is 2.74 bits per heavy atom. The number of fused-ring (bicyclic) bond motifs is 1. The molecule has 1 aromatic heterocycles. The number of hydrogen-bond acceptors (Lipinski definition) is 6. The quantitative estimate of drug-likeness (QED) is 0.722. The highest BCUT2D eigenvalue weighted by Crippen LogP contribution is 2.34. The summed E-state index contributed by atoms with van der Waals surface area (Å²) in [4.78, 5) is 30.8. The number of benzene rings is 1. The molecule has 2 N–H and O–H groups in total. The summed E-state index contributed by atoms with van der Waals surface area (Å²) in [6.07, 6.45) is 2.30. The van der Waals surface area contributed by atoms with E-state index in [1.54, 1.807) is 24.3 Å². The van der Waals surface area contributed by atoms with Crippen LogP contribution in [0.1, 0.15) is 27.3 Å². The van der Waals surface area contributed by atoms with Crippen LogP contribution in [0.2, 0.25) is 0 Å². The van der Waals surface area contributed by atoms with E-state index >= 15 is 0 Å². The number of carbonyl (C=O) groups excluding carboxylic acids is 2. The van der Waals surface area contributed by atoms with Crippen LogP contribution in [0, 0.1) is 0 Å². The van der Waals surface area contributed by atoms with Crippen LogP contribution in [-0.2, 0) is 0 Å². The van der Waals surface area contributed by atoms with Gasteiger partial charge in [-0.15, -0.1) is 0 Å². The summed E-state index contributed by atoms with van der Waals surface area (Å²) in [5, 5.41) is 5.59. The van der Waals surface area contributed by atoms with Crippen molar-refractivity contribution in [3.05, 3.63) is 47.8 Å². The topological polar surface area (TPSA) is 92.8 Å². The zero-order chi connectivity index (χ0) is 19.2. The second kappa shape index (κ2) is 8.50. The number of hydrogen-bond donors (Lipinski definition) is 2. The van der Waals surface area contributed by atoms with Crippen LogP contribution >= 0.6 is 0 Å². The van der Waals surface area contributed by atoms with E-state index in [1.807, 2.05) is 14.1 Å². The van der Waals surface area contributed by atoms with Crippen LogP contribution in [-0.4, -0.2) is 55.7 Å². The van der Waals surface area contributed by atoms with Crippen LogP contribution in [0.15, 0.2) is 36.5 Å². The third-order valence-electron chi connectivity index (χ3n) is 3.95. The number of aromatic nitrogens is 1. The van der Waals surface area contributed by atoms with E-state index in [2.05, 4.69) is 20.5 Å². The summed E-state index contributed by atoms with van der Waals surface area (Å²) >= 11 is 0. The number of anilines is 1. The second-order valence-corrected chi connectivity index (χ2v) is 6.36. The van der Waals surface area contributed by atoms with E-state index in [1.165, 1.54) is 12.3 Å². The molecule has 2 amide bonds. The molecule has 0 fully saturated rings. The summed E-state index contributed by atoms with van der Waals surface area (Å²) in [5.41, 5.74) is 1.11. The zero-order valence-corrected chi connectivity index (χ0v) is 15.3. The monoisotopic (exact) mass is 370 g/mol. The molecule has 0 unspecified atom stereocenters. The van der Waals surface area contributed by atoms with E-state index < -0.39 is 5.91 Å². The Kier molecular flexibility index (Phi) is 5.87. The highest BCUT2D eigenvalue weighted by molar-refractivity contribution is 6.04. The number of nitrogens with zero attached hydrogens (tertiary/aromatic N) is 2. The Morgan fingerprint density at radius 1 is 1.11 bits per heavy atom. The fourth-order valence-corrected chi connectivity index (χ4v) is 2.56. The maximum absolute atomic E-state index is 12.4. The normalized spacial score (nSPS) is 12.1. The van der Waals surface area contributed by atoms with Crippen molar-refractivity contribution in [1.82, 2.24) is 15.2 Å². The molecule has 0 bridgehead atoms. The minimum absolute atomic E-state index is 0.161. The third kappa shape index (κ3) is 4.95. The lowest BCUT2D eigenvalue weighted by Gasteiger charge is -2.10. The van der Waals surface area contributed by atoms with Gasteiger partial charge in [0.05, 0.1) is 0 Å². The summed E-state index contributed by atoms with van der Waals surface area (Å²) in [7, 11) is 3.96. The first-order valence-electron chi connectivity index (χ1n) is 8.63. The van der Waals surface area contributed by atoms with Gasteiger partial charge < -0.3 is 25.0 Å². The van der Waals surface area contributed by atoms with Gasteiger partial charge in [-0.25, -0.2) is 0 Å². The van der Waals surface area contributed by atoms with E-state index in [-0.39, 0.29) is 18.4 Å². The van der Waals surface area contributed by atoms with Crippen molar-refractivity contribution >= 4 is 17.5 Å². The Morgan fingerprint density at radius 2 is 1.93 bits per heavy atom. The molecule has 0 spiro atoms. The van der Waals surface area contributed by atoms with Crippen LogP contribution < -0.4 is 20.1 Å². The molecule has 2 heterocycles. The van der Waals surface area contributed by atoms with Gasteiger partial charge in [0.25, 0.3) is 11.8 Å². The molecule has 1 aromatic carbocycles. The second-order valence-electron chi connectivity index (χ2n) is 6.36. The summed E-state index contributed by atoms with van der Waals surface area (Å²) < 4.78 is 10.5. The van der Waals surface area contributed by atoms with Gasteiger partial charge in [-0.2, -0.15) is 0 Å². The van der Waals surface area contributed by atoms with E-state index in [4.69, 9.17) is 9.47 Å². The number of carbonyl (C=O) groups is 2. The molecule has 0 radical (unpaired) electrons. The van der Waals surface area contributed by atoms with Crippen molar-refractivity contribution in [3.63, 3.8) is 0 Å². The van der Waals surface area contributed by atoms with Crippen molar-refractivity contribution in [1.29, 1.82) is 0 Å². The van der Waals surface area contributed by atoms with Gasteiger partial charge in [-0.3, -0.25) is 14.6 Å². The first-order chi connectivity index (χ1) is 13.0. The fraction of sp³-hybridized carbons (Fsp3) is 0.316. The van der Waals surface area contributed by atoms with Crippen LogP contribution in [0.3, 0.4) is 0 Å². The minimum atomic E-state index is -0.406. The first-order valence-corrected chi connectivity index (χ1v) is 8.63. The number of rotatable bonds is 7. The molecular weight excluding hydrogens is 348 g/mol. The van der Waals surface area contributed by atoms with Gasteiger partial charge in [0, 0.05) is 30.1 Å². The first kappa shape index (κ1) is 18.7. The molecule has 27 heavy (non-hydrogen) atoms. The predicted octanol–water partition coefficient (Wildman–Crippen LogP) is 1.74. The Hall–Kier alpha value is -3.13. The lowest BCUT2D eigenvalue weighted by molar-refractivity contribution is 0.0952. The Balaban J connectivity index is 1.60. The Bertz CT molecular complexity index is 838. The van der Waals surface area contributed by atoms with Crippen molar-refractivity contribution in [2.24, 2.45) is 0 Å². The minimum Gasteiger partial charge on any atom is -0.454 e. The lowest BCUT2D eigenvalue weighted by atomic mass is 10.2. The van der Waals surface area contributed by atoms with E-state index in [0.717, 1.165) is 13.0 Å². The molecule has 8 nitrogen and oxygen atoms in total. The number of ether oxygens (including phenoxy) is 2. The molecule has 1 aliphatic heterocycles. The van der Waals surface area contributed by atoms with Crippen molar-refractivity contribution in [2.75, 3.05) is 39.3 Å². The van der Waals surface area contributed by atoms with Gasteiger partial charge >= 0.3 is 0 Å². The highest BCUT2D eigenvalue weighted by Gasteiger charge is 2.16. The molecule has 0 aliphatic carbocycles. The zero-order valence-electron chi connectivity index (χ0n) is 15.3. The van der Waals surface area contributed by atoms with Gasteiger partial charge in [0.15, 0.2) is 11.5 Å². The maximum atomic E-state index is 12.4. The molecule has 2 aromatic rings. The van der Waals surface area contributed by atoms with Crippen LogP contribution in [0.4, 0.5) is 5.69 Å². The Labute approximate surface area is 157 Å².